The highest BCUT2D eigenvalue weighted by molar-refractivity contribution is 5.75. The largest absolute Gasteiger partial charge is 0.355 e. The second kappa shape index (κ2) is 13.4. The number of hydrogen-bond donors (Lipinski definition) is 4. The van der Waals surface area contributed by atoms with E-state index in [1.807, 2.05) is 6.92 Å². The van der Waals surface area contributed by atoms with Crippen LogP contribution in [0.25, 0.3) is 0 Å². The predicted octanol–water partition coefficient (Wildman–Crippen LogP) is -0.309. The third-order valence-corrected chi connectivity index (χ3v) is 2.33. The molecule has 0 saturated heterocycles. The fourth-order valence-corrected chi connectivity index (χ4v) is 1.32. The molecule has 0 spiro atoms. The SMILES string of the molecule is CCCNCCNCCNCCNC(=O)CC. The molecule has 5 nitrogen and oxygen atoms in total. The maximum Gasteiger partial charge on any atom is 0.219 e. The molecule has 0 fully saturated rings. The van der Waals surface area contributed by atoms with E-state index in [2.05, 4.69) is 28.2 Å². The smallest absolute Gasteiger partial charge is 0.219 e. The first-order valence-corrected chi connectivity index (χ1v) is 6.70. The van der Waals surface area contributed by atoms with Crippen molar-refractivity contribution in [2.24, 2.45) is 0 Å². The summed E-state index contributed by atoms with van der Waals surface area (Å²) in [5.41, 5.74) is 0. The summed E-state index contributed by atoms with van der Waals surface area (Å²) in [6.45, 7) is 10.6. The molecule has 0 aromatic heterocycles. The van der Waals surface area contributed by atoms with Crippen LogP contribution in [0.4, 0.5) is 0 Å². The third-order valence-electron chi connectivity index (χ3n) is 2.33. The summed E-state index contributed by atoms with van der Waals surface area (Å²) in [6.07, 6.45) is 1.75. The van der Waals surface area contributed by atoms with Gasteiger partial charge in [-0.2, -0.15) is 0 Å². The molecule has 0 radical (unpaired) electrons. The van der Waals surface area contributed by atoms with E-state index < -0.39 is 0 Å². The van der Waals surface area contributed by atoms with Crippen molar-refractivity contribution in [3.05, 3.63) is 0 Å². The van der Waals surface area contributed by atoms with Gasteiger partial charge in [0, 0.05) is 45.7 Å². The highest BCUT2D eigenvalue weighted by Gasteiger charge is 1.94. The monoisotopic (exact) mass is 244 g/mol. The fraction of sp³-hybridized carbons (Fsp3) is 0.917. The Labute approximate surface area is 105 Å². The molecule has 0 aliphatic carbocycles. The predicted molar refractivity (Wildman–Crippen MR) is 72.2 cm³/mol. The molecule has 1 amide bonds. The molecule has 0 aliphatic heterocycles. The average molecular weight is 244 g/mol. The van der Waals surface area contributed by atoms with Gasteiger partial charge in [-0.25, -0.2) is 0 Å². The Hall–Kier alpha value is -0.650. The Morgan fingerprint density at radius 1 is 0.765 bits per heavy atom. The summed E-state index contributed by atoms with van der Waals surface area (Å²) < 4.78 is 0. The standard InChI is InChI=1S/C12H28N4O/c1-3-5-13-6-7-14-8-9-15-10-11-16-12(17)4-2/h13-15H,3-11H2,1-2H3,(H,16,17). The van der Waals surface area contributed by atoms with Crippen molar-refractivity contribution in [2.75, 3.05) is 45.8 Å². The van der Waals surface area contributed by atoms with Crippen molar-refractivity contribution >= 4 is 5.91 Å². The Kier molecular flexibility index (Phi) is 12.9. The van der Waals surface area contributed by atoms with Crippen LogP contribution in [0.5, 0.6) is 0 Å². The molecule has 0 rings (SSSR count). The lowest BCUT2D eigenvalue weighted by atomic mass is 10.4. The normalized spacial score (nSPS) is 10.5. The molecule has 0 bridgehead atoms. The minimum absolute atomic E-state index is 0.118. The van der Waals surface area contributed by atoms with Gasteiger partial charge in [-0.15, -0.1) is 0 Å². The summed E-state index contributed by atoms with van der Waals surface area (Å²) in [5.74, 6) is 0.118. The van der Waals surface area contributed by atoms with Gasteiger partial charge < -0.3 is 21.3 Å². The molecule has 0 unspecified atom stereocenters. The van der Waals surface area contributed by atoms with E-state index in [-0.39, 0.29) is 5.91 Å². The molecule has 102 valence electrons. The summed E-state index contributed by atoms with van der Waals surface area (Å²) in [5, 5.41) is 12.8. The van der Waals surface area contributed by atoms with E-state index in [0.29, 0.717) is 13.0 Å². The van der Waals surface area contributed by atoms with Gasteiger partial charge in [-0.05, 0) is 13.0 Å². The second-order valence-electron chi connectivity index (χ2n) is 3.95. The van der Waals surface area contributed by atoms with Crippen LogP contribution in [0.2, 0.25) is 0 Å². The van der Waals surface area contributed by atoms with E-state index in [1.165, 1.54) is 6.42 Å². The maximum atomic E-state index is 10.9. The van der Waals surface area contributed by atoms with Crippen LogP contribution in [0, 0.1) is 0 Å². The summed E-state index contributed by atoms with van der Waals surface area (Å²) in [4.78, 5) is 10.9. The first kappa shape index (κ1) is 16.4. The molecular formula is C12H28N4O. The van der Waals surface area contributed by atoms with Crippen molar-refractivity contribution in [3.63, 3.8) is 0 Å². The summed E-state index contributed by atoms with van der Waals surface area (Å²) >= 11 is 0. The number of carbonyl (C=O) groups excluding carboxylic acids is 1. The Morgan fingerprint density at radius 2 is 1.24 bits per heavy atom. The molecule has 0 saturated carbocycles. The van der Waals surface area contributed by atoms with Gasteiger partial charge in [0.15, 0.2) is 0 Å². The quantitative estimate of drug-likeness (QED) is 0.356. The van der Waals surface area contributed by atoms with Gasteiger partial charge in [0.2, 0.25) is 5.91 Å². The van der Waals surface area contributed by atoms with Crippen LogP contribution in [0.15, 0.2) is 0 Å². The number of hydrogen-bond acceptors (Lipinski definition) is 4. The van der Waals surface area contributed by atoms with Crippen LogP contribution in [0.3, 0.4) is 0 Å². The van der Waals surface area contributed by atoms with E-state index in [9.17, 15) is 4.79 Å². The van der Waals surface area contributed by atoms with Gasteiger partial charge in [0.1, 0.15) is 0 Å². The fourth-order valence-electron chi connectivity index (χ4n) is 1.32. The number of amides is 1. The Balaban J connectivity index is 2.96. The van der Waals surface area contributed by atoms with Crippen molar-refractivity contribution < 1.29 is 4.79 Å². The first-order valence-electron chi connectivity index (χ1n) is 6.70. The number of nitrogens with one attached hydrogen (secondary N) is 4. The van der Waals surface area contributed by atoms with Gasteiger partial charge in [0.05, 0.1) is 0 Å². The molecule has 0 aromatic rings. The zero-order chi connectivity index (χ0) is 12.8. The number of carbonyl (C=O) groups is 1. The van der Waals surface area contributed by atoms with E-state index in [1.54, 1.807) is 0 Å². The number of rotatable bonds is 12. The van der Waals surface area contributed by atoms with Crippen LogP contribution >= 0.6 is 0 Å². The van der Waals surface area contributed by atoms with E-state index in [0.717, 1.165) is 39.3 Å². The minimum Gasteiger partial charge on any atom is -0.355 e. The lowest BCUT2D eigenvalue weighted by Crippen LogP contribution is -2.36. The Morgan fingerprint density at radius 3 is 1.71 bits per heavy atom. The van der Waals surface area contributed by atoms with Crippen molar-refractivity contribution in [1.29, 1.82) is 0 Å². The molecule has 0 aromatic carbocycles. The highest BCUT2D eigenvalue weighted by Crippen LogP contribution is 1.72. The summed E-state index contributed by atoms with van der Waals surface area (Å²) in [6, 6.07) is 0. The van der Waals surface area contributed by atoms with Gasteiger partial charge >= 0.3 is 0 Å². The first-order chi connectivity index (χ1) is 8.31. The van der Waals surface area contributed by atoms with Crippen LogP contribution < -0.4 is 21.3 Å². The van der Waals surface area contributed by atoms with E-state index >= 15 is 0 Å². The molecule has 0 heterocycles. The van der Waals surface area contributed by atoms with Crippen molar-refractivity contribution in [3.8, 4) is 0 Å². The van der Waals surface area contributed by atoms with Crippen molar-refractivity contribution in [1.82, 2.24) is 21.3 Å². The molecule has 0 aliphatic rings. The molecular weight excluding hydrogens is 216 g/mol. The van der Waals surface area contributed by atoms with E-state index in [4.69, 9.17) is 0 Å². The van der Waals surface area contributed by atoms with Crippen molar-refractivity contribution in [2.45, 2.75) is 26.7 Å². The maximum absolute atomic E-state index is 10.9. The molecule has 17 heavy (non-hydrogen) atoms. The topological polar surface area (TPSA) is 65.2 Å². The second-order valence-corrected chi connectivity index (χ2v) is 3.95. The lowest BCUT2D eigenvalue weighted by molar-refractivity contribution is -0.120. The Bertz CT molecular complexity index is 176. The van der Waals surface area contributed by atoms with Gasteiger partial charge in [-0.3, -0.25) is 4.79 Å². The zero-order valence-corrected chi connectivity index (χ0v) is 11.3. The van der Waals surface area contributed by atoms with Crippen LogP contribution in [0.1, 0.15) is 26.7 Å². The van der Waals surface area contributed by atoms with Crippen LogP contribution in [-0.4, -0.2) is 51.7 Å². The lowest BCUT2D eigenvalue weighted by Gasteiger charge is -2.07. The highest BCUT2D eigenvalue weighted by atomic mass is 16.1. The average Bonchev–Trinajstić information content (AvgIpc) is 2.35. The molecule has 0 atom stereocenters. The minimum atomic E-state index is 0.118. The third kappa shape index (κ3) is 13.3. The van der Waals surface area contributed by atoms with Gasteiger partial charge in [-0.1, -0.05) is 13.8 Å². The van der Waals surface area contributed by atoms with Crippen LogP contribution in [-0.2, 0) is 4.79 Å². The zero-order valence-electron chi connectivity index (χ0n) is 11.3. The molecule has 4 N–H and O–H groups in total. The van der Waals surface area contributed by atoms with Gasteiger partial charge in [0.25, 0.3) is 0 Å². The summed E-state index contributed by atoms with van der Waals surface area (Å²) in [7, 11) is 0. The molecule has 5 heteroatoms.